The highest BCUT2D eigenvalue weighted by atomic mass is 16.3. The van der Waals surface area contributed by atoms with Gasteiger partial charge in [0.1, 0.15) is 0 Å². The molecule has 1 saturated heterocycles. The van der Waals surface area contributed by atoms with E-state index in [1.54, 1.807) is 26.2 Å². The molecule has 1 saturated carbocycles. The summed E-state index contributed by atoms with van der Waals surface area (Å²) in [6.45, 7) is 5.84. The third-order valence-electron chi connectivity index (χ3n) is 5.25. The molecule has 122 valence electrons. The Morgan fingerprint density at radius 3 is 2.41 bits per heavy atom. The van der Waals surface area contributed by atoms with Crippen molar-refractivity contribution in [1.82, 2.24) is 9.97 Å². The number of rotatable bonds is 5. The Hall–Kier alpha value is -1.20. The molecule has 0 aromatic carbocycles. The van der Waals surface area contributed by atoms with Gasteiger partial charge in [0.2, 0.25) is 5.95 Å². The number of nitrogens with zero attached hydrogens (tertiary/aromatic N) is 3. The standard InChI is InChI=1S/C17H27N3O2/c1-17(2,22)14-10-18-16(19-11-14)20-6-3-12(4-7-20)15-9-13(15)5-8-21/h10-13,15,21-22H,3-9H2,1-2H3/t13-,15-/m1/s1. The highest BCUT2D eigenvalue weighted by Crippen LogP contribution is 2.49. The molecule has 2 fully saturated rings. The first-order valence-electron chi connectivity index (χ1n) is 8.39. The van der Waals surface area contributed by atoms with Crippen LogP contribution in [-0.4, -0.2) is 39.9 Å². The molecule has 0 radical (unpaired) electrons. The van der Waals surface area contributed by atoms with E-state index in [2.05, 4.69) is 14.9 Å². The smallest absolute Gasteiger partial charge is 0.225 e. The molecule has 0 amide bonds. The van der Waals surface area contributed by atoms with Gasteiger partial charge < -0.3 is 15.1 Å². The monoisotopic (exact) mass is 305 g/mol. The summed E-state index contributed by atoms with van der Waals surface area (Å²) in [7, 11) is 0. The number of aromatic nitrogens is 2. The van der Waals surface area contributed by atoms with Gasteiger partial charge >= 0.3 is 0 Å². The molecule has 5 nitrogen and oxygen atoms in total. The van der Waals surface area contributed by atoms with Crippen LogP contribution in [0.2, 0.25) is 0 Å². The van der Waals surface area contributed by atoms with Crippen molar-refractivity contribution in [2.45, 2.75) is 45.1 Å². The Balaban J connectivity index is 1.53. The number of piperidine rings is 1. The van der Waals surface area contributed by atoms with Gasteiger partial charge in [-0.15, -0.1) is 0 Å². The normalized spacial score (nSPS) is 26.3. The Morgan fingerprint density at radius 1 is 1.23 bits per heavy atom. The molecule has 22 heavy (non-hydrogen) atoms. The predicted molar refractivity (Wildman–Crippen MR) is 85.5 cm³/mol. The topological polar surface area (TPSA) is 69.5 Å². The molecule has 0 unspecified atom stereocenters. The Labute approximate surface area is 132 Å². The van der Waals surface area contributed by atoms with Crippen LogP contribution in [0.4, 0.5) is 5.95 Å². The quantitative estimate of drug-likeness (QED) is 0.870. The Bertz CT molecular complexity index is 490. The number of aliphatic hydroxyl groups is 2. The van der Waals surface area contributed by atoms with Crippen molar-refractivity contribution in [3.05, 3.63) is 18.0 Å². The van der Waals surface area contributed by atoms with Crippen molar-refractivity contribution < 1.29 is 10.2 Å². The van der Waals surface area contributed by atoms with Crippen LogP contribution in [0.25, 0.3) is 0 Å². The molecule has 3 rings (SSSR count). The van der Waals surface area contributed by atoms with Gasteiger partial charge in [0, 0.05) is 37.7 Å². The van der Waals surface area contributed by atoms with Crippen molar-refractivity contribution in [2.24, 2.45) is 17.8 Å². The van der Waals surface area contributed by atoms with E-state index >= 15 is 0 Å². The highest BCUT2D eigenvalue weighted by Gasteiger charge is 2.42. The maximum atomic E-state index is 9.95. The fourth-order valence-corrected chi connectivity index (χ4v) is 3.67. The zero-order valence-electron chi connectivity index (χ0n) is 13.6. The van der Waals surface area contributed by atoms with Crippen molar-refractivity contribution >= 4 is 5.95 Å². The molecular weight excluding hydrogens is 278 g/mol. The molecule has 1 aromatic heterocycles. The zero-order valence-corrected chi connectivity index (χ0v) is 13.6. The molecule has 5 heteroatoms. The Kier molecular flexibility index (Phi) is 4.37. The van der Waals surface area contributed by atoms with Gasteiger partial charge in [-0.1, -0.05) is 0 Å². The minimum atomic E-state index is -0.890. The maximum Gasteiger partial charge on any atom is 0.225 e. The van der Waals surface area contributed by atoms with E-state index in [4.69, 9.17) is 5.11 Å². The molecule has 2 heterocycles. The summed E-state index contributed by atoms with van der Waals surface area (Å²) in [5.41, 5.74) is -0.143. The van der Waals surface area contributed by atoms with Crippen molar-refractivity contribution in [2.75, 3.05) is 24.6 Å². The van der Waals surface area contributed by atoms with E-state index in [0.29, 0.717) is 6.61 Å². The van der Waals surface area contributed by atoms with Gasteiger partial charge in [0.05, 0.1) is 5.60 Å². The van der Waals surface area contributed by atoms with Crippen LogP contribution in [-0.2, 0) is 5.60 Å². The first-order valence-corrected chi connectivity index (χ1v) is 8.39. The van der Waals surface area contributed by atoms with E-state index in [9.17, 15) is 5.11 Å². The third kappa shape index (κ3) is 3.41. The van der Waals surface area contributed by atoms with Gasteiger partial charge in [-0.2, -0.15) is 0 Å². The van der Waals surface area contributed by atoms with Crippen LogP contribution < -0.4 is 4.90 Å². The molecule has 1 aromatic rings. The second-order valence-corrected chi connectivity index (χ2v) is 7.33. The lowest BCUT2D eigenvalue weighted by atomic mass is 9.90. The second-order valence-electron chi connectivity index (χ2n) is 7.33. The van der Waals surface area contributed by atoms with Gasteiger partial charge in [-0.05, 0) is 57.3 Å². The molecule has 1 aliphatic heterocycles. The average molecular weight is 305 g/mol. The molecule has 2 atom stereocenters. The number of anilines is 1. The lowest BCUT2D eigenvalue weighted by Crippen LogP contribution is -2.35. The summed E-state index contributed by atoms with van der Waals surface area (Å²) in [6, 6.07) is 0. The van der Waals surface area contributed by atoms with E-state index < -0.39 is 5.60 Å². The van der Waals surface area contributed by atoms with Crippen molar-refractivity contribution in [3.63, 3.8) is 0 Å². The number of hydrogen-bond donors (Lipinski definition) is 2. The summed E-state index contributed by atoms with van der Waals surface area (Å²) in [4.78, 5) is 11.1. The fourth-order valence-electron chi connectivity index (χ4n) is 3.67. The molecule has 2 N–H and O–H groups in total. The largest absolute Gasteiger partial charge is 0.396 e. The summed E-state index contributed by atoms with van der Waals surface area (Å²) >= 11 is 0. The molecule has 0 bridgehead atoms. The lowest BCUT2D eigenvalue weighted by molar-refractivity contribution is 0.0778. The van der Waals surface area contributed by atoms with Gasteiger partial charge in [0.25, 0.3) is 0 Å². The zero-order chi connectivity index (χ0) is 15.7. The van der Waals surface area contributed by atoms with Crippen LogP contribution in [0.3, 0.4) is 0 Å². The van der Waals surface area contributed by atoms with Crippen LogP contribution in [0.15, 0.2) is 12.4 Å². The van der Waals surface area contributed by atoms with Gasteiger partial charge in [-0.25, -0.2) is 9.97 Å². The van der Waals surface area contributed by atoms with E-state index in [-0.39, 0.29) is 0 Å². The highest BCUT2D eigenvalue weighted by molar-refractivity contribution is 5.31. The Morgan fingerprint density at radius 2 is 1.86 bits per heavy atom. The summed E-state index contributed by atoms with van der Waals surface area (Å²) in [5.74, 6) is 3.19. The molecular formula is C17H27N3O2. The maximum absolute atomic E-state index is 9.95. The fraction of sp³-hybridized carbons (Fsp3) is 0.765. The first-order chi connectivity index (χ1) is 10.5. The summed E-state index contributed by atoms with van der Waals surface area (Å²) in [5, 5.41) is 19.0. The molecule has 0 spiro atoms. The van der Waals surface area contributed by atoms with Crippen molar-refractivity contribution in [1.29, 1.82) is 0 Å². The van der Waals surface area contributed by atoms with Crippen molar-refractivity contribution in [3.8, 4) is 0 Å². The van der Waals surface area contributed by atoms with E-state index in [1.165, 1.54) is 19.3 Å². The lowest BCUT2D eigenvalue weighted by Gasteiger charge is -2.32. The average Bonchev–Trinajstić information content (AvgIpc) is 3.26. The van der Waals surface area contributed by atoms with E-state index in [0.717, 1.165) is 48.8 Å². The first kappa shape index (κ1) is 15.7. The number of hydrogen-bond acceptors (Lipinski definition) is 5. The van der Waals surface area contributed by atoms with Gasteiger partial charge in [0.15, 0.2) is 0 Å². The summed E-state index contributed by atoms with van der Waals surface area (Å²) < 4.78 is 0. The number of aliphatic hydroxyl groups excluding tert-OH is 1. The minimum absolute atomic E-state index is 0.335. The van der Waals surface area contributed by atoms with Crippen LogP contribution >= 0.6 is 0 Å². The SMILES string of the molecule is CC(C)(O)c1cnc(N2CCC([C@H]3C[C@H]3CCO)CC2)nc1. The van der Waals surface area contributed by atoms with Crippen LogP contribution in [0.1, 0.15) is 45.1 Å². The van der Waals surface area contributed by atoms with Crippen LogP contribution in [0, 0.1) is 17.8 Å². The predicted octanol–water partition coefficient (Wildman–Crippen LogP) is 1.94. The third-order valence-corrected chi connectivity index (χ3v) is 5.25. The van der Waals surface area contributed by atoms with Crippen LogP contribution in [0.5, 0.6) is 0 Å². The van der Waals surface area contributed by atoms with Gasteiger partial charge in [-0.3, -0.25) is 0 Å². The molecule has 2 aliphatic rings. The second kappa shape index (κ2) is 6.13. The summed E-state index contributed by atoms with van der Waals surface area (Å²) in [6.07, 6.45) is 8.14. The minimum Gasteiger partial charge on any atom is -0.396 e. The molecule has 1 aliphatic carbocycles. The van der Waals surface area contributed by atoms with E-state index in [1.807, 2.05) is 0 Å².